The Morgan fingerprint density at radius 1 is 1.58 bits per heavy atom. The van der Waals surface area contributed by atoms with Crippen LogP contribution in [0.15, 0.2) is 18.2 Å². The highest BCUT2D eigenvalue weighted by Gasteiger charge is 2.29. The van der Waals surface area contributed by atoms with Crippen LogP contribution in [-0.4, -0.2) is 16.4 Å². The number of amides is 1. The van der Waals surface area contributed by atoms with Crippen LogP contribution in [0.4, 0.5) is 15.8 Å². The second-order valence-electron chi connectivity index (χ2n) is 4.54. The van der Waals surface area contributed by atoms with Crippen LogP contribution in [0.5, 0.6) is 0 Å². The minimum atomic E-state index is -1.13. The maximum absolute atomic E-state index is 13.0. The number of carbonyl (C=O) groups is 1. The van der Waals surface area contributed by atoms with E-state index in [4.69, 9.17) is 5.73 Å². The topological polar surface area (TPSA) is 98.3 Å². The first-order valence-electron chi connectivity index (χ1n) is 5.82. The number of rotatable bonds is 5. The lowest BCUT2D eigenvalue weighted by molar-refractivity contribution is -0.384. The van der Waals surface area contributed by atoms with Crippen molar-refractivity contribution < 1.29 is 14.1 Å². The monoisotopic (exact) mass is 269 g/mol. The zero-order chi connectivity index (χ0) is 14.6. The van der Waals surface area contributed by atoms with Gasteiger partial charge < -0.3 is 11.1 Å². The number of nitro groups is 1. The van der Waals surface area contributed by atoms with Crippen molar-refractivity contribution in [2.24, 2.45) is 5.73 Å². The first-order chi connectivity index (χ1) is 8.77. The van der Waals surface area contributed by atoms with E-state index in [1.54, 1.807) is 6.92 Å². The summed E-state index contributed by atoms with van der Waals surface area (Å²) in [6.45, 7) is 3.42. The molecule has 6 nitrogen and oxygen atoms in total. The summed E-state index contributed by atoms with van der Waals surface area (Å²) in [7, 11) is 0. The van der Waals surface area contributed by atoms with Gasteiger partial charge in [0, 0.05) is 0 Å². The molecule has 0 fully saturated rings. The van der Waals surface area contributed by atoms with Crippen molar-refractivity contribution >= 4 is 17.3 Å². The van der Waals surface area contributed by atoms with Gasteiger partial charge in [-0.1, -0.05) is 13.3 Å². The Morgan fingerprint density at radius 3 is 2.74 bits per heavy atom. The molecule has 0 bridgehead atoms. The van der Waals surface area contributed by atoms with Gasteiger partial charge in [-0.3, -0.25) is 14.9 Å². The van der Waals surface area contributed by atoms with E-state index >= 15 is 0 Å². The first kappa shape index (κ1) is 15.0. The summed E-state index contributed by atoms with van der Waals surface area (Å²) in [6.07, 6.45) is 1.14. The second kappa shape index (κ2) is 5.75. The smallest absolute Gasteiger partial charge is 0.295 e. The molecule has 0 saturated heterocycles. The molecule has 19 heavy (non-hydrogen) atoms. The number of carbonyl (C=O) groups excluding carboxylic acids is 1. The molecule has 0 aliphatic heterocycles. The van der Waals surface area contributed by atoms with E-state index in [0.29, 0.717) is 12.8 Å². The van der Waals surface area contributed by atoms with Gasteiger partial charge in [-0.15, -0.1) is 0 Å². The highest BCUT2D eigenvalue weighted by Crippen LogP contribution is 2.26. The highest BCUT2D eigenvalue weighted by atomic mass is 19.1. The van der Waals surface area contributed by atoms with Crippen molar-refractivity contribution in [3.05, 3.63) is 34.1 Å². The third-order valence-corrected chi connectivity index (χ3v) is 2.69. The predicted molar refractivity (Wildman–Crippen MR) is 69.2 cm³/mol. The Kier molecular flexibility index (Phi) is 4.55. The molecule has 3 N–H and O–H groups in total. The van der Waals surface area contributed by atoms with Gasteiger partial charge in [-0.2, -0.15) is 0 Å². The predicted octanol–water partition coefficient (Wildman–Crippen LogP) is 2.19. The number of halogens is 1. The molecule has 1 atom stereocenters. The lowest BCUT2D eigenvalue weighted by atomic mass is 9.96. The number of hydrogen-bond donors (Lipinski definition) is 2. The van der Waals surface area contributed by atoms with Crippen LogP contribution in [0.25, 0.3) is 0 Å². The Bertz CT molecular complexity index is 503. The third-order valence-electron chi connectivity index (χ3n) is 2.69. The quantitative estimate of drug-likeness (QED) is 0.632. The summed E-state index contributed by atoms with van der Waals surface area (Å²) in [4.78, 5) is 22.0. The van der Waals surface area contributed by atoms with Crippen molar-refractivity contribution in [3.8, 4) is 0 Å². The molecule has 0 aliphatic carbocycles. The van der Waals surface area contributed by atoms with Gasteiger partial charge in [0.2, 0.25) is 5.91 Å². The number of nitrogens with one attached hydrogen (secondary N) is 1. The Hall–Kier alpha value is -2.02. The van der Waals surface area contributed by atoms with Crippen molar-refractivity contribution in [2.75, 3.05) is 5.32 Å². The lowest BCUT2D eigenvalue weighted by Gasteiger charge is -2.22. The number of anilines is 1. The molecule has 0 spiro atoms. The van der Waals surface area contributed by atoms with E-state index in [-0.39, 0.29) is 5.69 Å². The largest absolute Gasteiger partial charge is 0.319 e. The SMILES string of the molecule is CCCC(C)(N)C(=O)Nc1ccc(F)cc1[N+](=O)[O-]. The molecule has 1 unspecified atom stereocenters. The zero-order valence-corrected chi connectivity index (χ0v) is 10.8. The average molecular weight is 269 g/mol. The van der Waals surface area contributed by atoms with Crippen LogP contribution in [0, 0.1) is 15.9 Å². The molecular weight excluding hydrogens is 253 g/mol. The van der Waals surface area contributed by atoms with Crippen LogP contribution in [-0.2, 0) is 4.79 Å². The van der Waals surface area contributed by atoms with Gasteiger partial charge in [-0.05, 0) is 25.5 Å². The number of nitrogens with zero attached hydrogens (tertiary/aromatic N) is 1. The Labute approximate surface area is 109 Å². The highest BCUT2D eigenvalue weighted by molar-refractivity contribution is 5.99. The number of nitro benzene ring substituents is 1. The van der Waals surface area contributed by atoms with E-state index in [9.17, 15) is 19.3 Å². The third kappa shape index (κ3) is 3.72. The molecule has 104 valence electrons. The summed E-state index contributed by atoms with van der Waals surface area (Å²) in [6, 6.07) is 2.94. The lowest BCUT2D eigenvalue weighted by Crippen LogP contribution is -2.48. The molecule has 7 heteroatoms. The van der Waals surface area contributed by atoms with Crippen molar-refractivity contribution in [1.29, 1.82) is 0 Å². The van der Waals surface area contributed by atoms with Gasteiger partial charge in [0.15, 0.2) is 0 Å². The van der Waals surface area contributed by atoms with Crippen LogP contribution >= 0.6 is 0 Å². The zero-order valence-electron chi connectivity index (χ0n) is 10.8. The molecule has 1 amide bonds. The molecule has 1 rings (SSSR count). The van der Waals surface area contributed by atoms with E-state index in [1.807, 2.05) is 6.92 Å². The van der Waals surface area contributed by atoms with Gasteiger partial charge in [0.25, 0.3) is 5.69 Å². The van der Waals surface area contributed by atoms with Crippen LogP contribution in [0.2, 0.25) is 0 Å². The standard InChI is InChI=1S/C12H16FN3O3/c1-3-6-12(2,14)11(17)15-9-5-4-8(13)7-10(9)16(18)19/h4-5,7H,3,6,14H2,1-2H3,(H,15,17). The molecular formula is C12H16FN3O3. The normalized spacial score (nSPS) is 13.7. The minimum absolute atomic E-state index is 0.0656. The van der Waals surface area contributed by atoms with Crippen LogP contribution < -0.4 is 11.1 Å². The number of nitrogens with two attached hydrogens (primary N) is 1. The van der Waals surface area contributed by atoms with Gasteiger partial charge in [-0.25, -0.2) is 4.39 Å². The van der Waals surface area contributed by atoms with Crippen molar-refractivity contribution in [2.45, 2.75) is 32.2 Å². The summed E-state index contributed by atoms with van der Waals surface area (Å²) in [5.41, 5.74) is 4.13. The van der Waals surface area contributed by atoms with E-state index in [1.165, 1.54) is 0 Å². The number of benzene rings is 1. The minimum Gasteiger partial charge on any atom is -0.319 e. The summed E-state index contributed by atoms with van der Waals surface area (Å²) in [5, 5.41) is 13.2. The summed E-state index contributed by atoms with van der Waals surface area (Å²) in [5.74, 6) is -1.28. The van der Waals surface area contributed by atoms with Crippen molar-refractivity contribution in [1.82, 2.24) is 0 Å². The van der Waals surface area contributed by atoms with Gasteiger partial charge in [0.05, 0.1) is 16.5 Å². The maximum Gasteiger partial charge on any atom is 0.295 e. The Morgan fingerprint density at radius 2 is 2.21 bits per heavy atom. The molecule has 0 saturated carbocycles. The van der Waals surface area contributed by atoms with E-state index < -0.39 is 27.9 Å². The molecule has 0 aromatic heterocycles. The summed E-state index contributed by atoms with van der Waals surface area (Å²) >= 11 is 0. The van der Waals surface area contributed by atoms with Crippen LogP contribution in [0.1, 0.15) is 26.7 Å². The fraction of sp³-hybridized carbons (Fsp3) is 0.417. The fourth-order valence-electron chi connectivity index (χ4n) is 1.66. The molecule has 1 aromatic carbocycles. The summed E-state index contributed by atoms with van der Waals surface area (Å²) < 4.78 is 13.0. The van der Waals surface area contributed by atoms with E-state index in [2.05, 4.69) is 5.32 Å². The molecule has 1 aromatic rings. The molecule has 0 heterocycles. The Balaban J connectivity index is 3.00. The first-order valence-corrected chi connectivity index (χ1v) is 5.82. The van der Waals surface area contributed by atoms with Gasteiger partial charge in [0.1, 0.15) is 11.5 Å². The molecule has 0 radical (unpaired) electrons. The van der Waals surface area contributed by atoms with Crippen molar-refractivity contribution in [3.63, 3.8) is 0 Å². The van der Waals surface area contributed by atoms with Crippen LogP contribution in [0.3, 0.4) is 0 Å². The number of hydrogen-bond acceptors (Lipinski definition) is 4. The molecule has 0 aliphatic rings. The second-order valence-corrected chi connectivity index (χ2v) is 4.54. The maximum atomic E-state index is 13.0. The van der Waals surface area contributed by atoms with E-state index in [0.717, 1.165) is 18.2 Å². The van der Waals surface area contributed by atoms with Gasteiger partial charge >= 0.3 is 0 Å². The average Bonchev–Trinajstić information content (AvgIpc) is 2.30. The fourth-order valence-corrected chi connectivity index (χ4v) is 1.66.